The maximum absolute atomic E-state index is 6.50. The molecule has 14 heavy (non-hydrogen) atoms. The molecular weight excluding hydrogens is 174 g/mol. The first kappa shape index (κ1) is 16.4. The van der Waals surface area contributed by atoms with Crippen LogP contribution >= 0.6 is 0 Å². The Kier molecular flexibility index (Phi) is 21.8. The van der Waals surface area contributed by atoms with Crippen LogP contribution in [-0.2, 0) is 0 Å². The van der Waals surface area contributed by atoms with Gasteiger partial charge in [0.05, 0.1) is 0 Å². The molecule has 0 aromatic rings. The highest BCUT2D eigenvalue weighted by atomic mass is 16.4. The highest BCUT2D eigenvalue weighted by molar-refractivity contribution is 4.45. The molecule has 0 rings (SSSR count). The third kappa shape index (κ3) is 17.9. The summed E-state index contributed by atoms with van der Waals surface area (Å²) >= 11 is 0. The summed E-state index contributed by atoms with van der Waals surface area (Å²) in [6.45, 7) is 4.56. The quantitative estimate of drug-likeness (QED) is 0.434. The SMILES string of the molecule is CCCCCCCCCCCC.NO. The van der Waals surface area contributed by atoms with E-state index in [4.69, 9.17) is 5.21 Å². The average Bonchev–Trinajstić information content (AvgIpc) is 2.25. The van der Waals surface area contributed by atoms with E-state index in [-0.39, 0.29) is 0 Å². The first-order valence-electron chi connectivity index (χ1n) is 6.17. The van der Waals surface area contributed by atoms with E-state index in [0.717, 1.165) is 0 Å². The van der Waals surface area contributed by atoms with Crippen molar-refractivity contribution in [3.63, 3.8) is 0 Å². The van der Waals surface area contributed by atoms with Gasteiger partial charge in [-0.1, -0.05) is 78.1 Å². The molecule has 0 unspecified atom stereocenters. The molecule has 2 heteroatoms. The summed E-state index contributed by atoms with van der Waals surface area (Å²) in [5.41, 5.74) is 0. The molecule has 0 amide bonds. The van der Waals surface area contributed by atoms with Crippen LogP contribution in [0.2, 0.25) is 0 Å². The standard InChI is InChI=1S/C12H26.H3NO/c1-3-5-7-9-11-12-10-8-6-4-2;1-2/h3-12H2,1-2H3;2H,1H2. The van der Waals surface area contributed by atoms with Gasteiger partial charge in [0.2, 0.25) is 0 Å². The minimum atomic E-state index is 1.37. The zero-order chi connectivity index (χ0) is 11.1. The van der Waals surface area contributed by atoms with Gasteiger partial charge < -0.3 is 5.21 Å². The Balaban J connectivity index is 0. The van der Waals surface area contributed by atoms with Gasteiger partial charge in [0.1, 0.15) is 0 Å². The maximum Gasteiger partial charge on any atom is -0.0533 e. The van der Waals surface area contributed by atoms with E-state index >= 15 is 0 Å². The Hall–Kier alpha value is -0.0800. The van der Waals surface area contributed by atoms with Crippen LogP contribution in [0.25, 0.3) is 0 Å². The van der Waals surface area contributed by atoms with E-state index in [9.17, 15) is 0 Å². The fraction of sp³-hybridized carbons (Fsp3) is 1.00. The van der Waals surface area contributed by atoms with Crippen LogP contribution in [-0.4, -0.2) is 5.21 Å². The molecule has 0 aliphatic heterocycles. The predicted molar refractivity (Wildman–Crippen MR) is 63.5 cm³/mol. The van der Waals surface area contributed by atoms with Crippen molar-refractivity contribution < 1.29 is 5.21 Å². The molecule has 0 heterocycles. The van der Waals surface area contributed by atoms with Gasteiger partial charge in [-0.3, -0.25) is 0 Å². The van der Waals surface area contributed by atoms with Gasteiger partial charge in [-0.2, -0.15) is 0 Å². The predicted octanol–water partition coefficient (Wildman–Crippen LogP) is 4.26. The van der Waals surface area contributed by atoms with Crippen molar-refractivity contribution in [3.05, 3.63) is 0 Å². The van der Waals surface area contributed by atoms with Crippen LogP contribution in [0.3, 0.4) is 0 Å². The summed E-state index contributed by atoms with van der Waals surface area (Å²) < 4.78 is 0. The summed E-state index contributed by atoms with van der Waals surface area (Å²) in [4.78, 5) is 0. The molecule has 0 aromatic carbocycles. The monoisotopic (exact) mass is 203 g/mol. The number of unbranched alkanes of at least 4 members (excludes halogenated alkanes) is 9. The molecule has 0 spiro atoms. The fourth-order valence-corrected chi connectivity index (χ4v) is 1.56. The van der Waals surface area contributed by atoms with Crippen molar-refractivity contribution in [2.75, 3.05) is 0 Å². The molecule has 0 saturated heterocycles. The molecule has 0 aliphatic carbocycles. The van der Waals surface area contributed by atoms with Crippen molar-refractivity contribution in [2.24, 2.45) is 5.90 Å². The van der Waals surface area contributed by atoms with E-state index in [1.807, 2.05) is 0 Å². The van der Waals surface area contributed by atoms with Gasteiger partial charge >= 0.3 is 0 Å². The third-order valence-electron chi connectivity index (χ3n) is 2.46. The van der Waals surface area contributed by atoms with Gasteiger partial charge in [0.15, 0.2) is 0 Å². The lowest BCUT2D eigenvalue weighted by Gasteiger charge is -1.99. The first-order chi connectivity index (χ1) is 6.91. The smallest absolute Gasteiger partial charge is 0.0533 e. The number of hydrogen-bond acceptors (Lipinski definition) is 2. The molecule has 3 N–H and O–H groups in total. The molecule has 2 nitrogen and oxygen atoms in total. The molecule has 0 fully saturated rings. The molecule has 0 atom stereocenters. The largest absolute Gasteiger partial charge is 0.320 e. The molecule has 0 radical (unpaired) electrons. The lowest BCUT2D eigenvalue weighted by atomic mass is 10.1. The highest BCUT2D eigenvalue weighted by Crippen LogP contribution is 2.09. The number of rotatable bonds is 9. The van der Waals surface area contributed by atoms with Crippen molar-refractivity contribution in [1.29, 1.82) is 0 Å². The summed E-state index contributed by atoms with van der Waals surface area (Å²) in [7, 11) is 0. The normalized spacial score (nSPS) is 9.43. The van der Waals surface area contributed by atoms with Crippen LogP contribution in [0.15, 0.2) is 0 Å². The lowest BCUT2D eigenvalue weighted by Crippen LogP contribution is -1.80. The summed E-state index contributed by atoms with van der Waals surface area (Å²) in [5, 5.41) is 6.50. The molecule has 88 valence electrons. The lowest BCUT2D eigenvalue weighted by molar-refractivity contribution is 0.311. The molecular formula is C12H29NO. The van der Waals surface area contributed by atoms with Crippen molar-refractivity contribution in [3.8, 4) is 0 Å². The molecule has 0 aliphatic rings. The van der Waals surface area contributed by atoms with Gasteiger partial charge in [-0.05, 0) is 0 Å². The minimum Gasteiger partial charge on any atom is -0.320 e. The Bertz CT molecular complexity index is 66.7. The summed E-state index contributed by atoms with van der Waals surface area (Å²) in [5.74, 6) is 3.50. The van der Waals surface area contributed by atoms with Gasteiger partial charge in [-0.15, -0.1) is 0 Å². The Morgan fingerprint density at radius 3 is 1.00 bits per heavy atom. The van der Waals surface area contributed by atoms with Gasteiger partial charge in [-0.25, -0.2) is 5.90 Å². The second-order valence-electron chi connectivity index (χ2n) is 3.83. The van der Waals surface area contributed by atoms with E-state index in [1.54, 1.807) is 0 Å². The van der Waals surface area contributed by atoms with E-state index < -0.39 is 0 Å². The van der Waals surface area contributed by atoms with Gasteiger partial charge in [0.25, 0.3) is 0 Å². The molecule has 0 aromatic heterocycles. The zero-order valence-electron chi connectivity index (χ0n) is 10.1. The average molecular weight is 203 g/mol. The third-order valence-corrected chi connectivity index (χ3v) is 2.46. The van der Waals surface area contributed by atoms with Crippen molar-refractivity contribution in [1.82, 2.24) is 0 Å². The fourth-order valence-electron chi connectivity index (χ4n) is 1.56. The first-order valence-corrected chi connectivity index (χ1v) is 6.17. The Morgan fingerprint density at radius 1 is 0.571 bits per heavy atom. The van der Waals surface area contributed by atoms with Crippen molar-refractivity contribution >= 4 is 0 Å². The number of hydrogen-bond donors (Lipinski definition) is 2. The maximum atomic E-state index is 6.50. The second kappa shape index (κ2) is 18.7. The second-order valence-corrected chi connectivity index (χ2v) is 3.83. The van der Waals surface area contributed by atoms with Crippen LogP contribution in [0.4, 0.5) is 0 Å². The minimum absolute atomic E-state index is 1.37. The summed E-state index contributed by atoms with van der Waals surface area (Å²) in [6.07, 6.45) is 14.4. The van der Waals surface area contributed by atoms with Crippen molar-refractivity contribution in [2.45, 2.75) is 78.1 Å². The Labute approximate surface area is 89.8 Å². The zero-order valence-corrected chi connectivity index (χ0v) is 10.1. The van der Waals surface area contributed by atoms with Crippen LogP contribution < -0.4 is 5.90 Å². The van der Waals surface area contributed by atoms with Crippen LogP contribution in [0, 0.1) is 0 Å². The van der Waals surface area contributed by atoms with Crippen LogP contribution in [0.1, 0.15) is 78.1 Å². The highest BCUT2D eigenvalue weighted by Gasteiger charge is 1.90. The van der Waals surface area contributed by atoms with E-state index in [1.165, 1.54) is 64.2 Å². The van der Waals surface area contributed by atoms with Crippen LogP contribution in [0.5, 0.6) is 0 Å². The van der Waals surface area contributed by atoms with E-state index in [0.29, 0.717) is 0 Å². The molecule has 0 bridgehead atoms. The topological polar surface area (TPSA) is 46.2 Å². The van der Waals surface area contributed by atoms with Gasteiger partial charge in [0, 0.05) is 0 Å². The van der Waals surface area contributed by atoms with E-state index in [2.05, 4.69) is 19.7 Å². The summed E-state index contributed by atoms with van der Waals surface area (Å²) in [6, 6.07) is 0. The number of nitrogens with two attached hydrogens (primary N) is 1. The Morgan fingerprint density at radius 2 is 0.786 bits per heavy atom. The molecule has 0 saturated carbocycles.